The first-order valence-corrected chi connectivity index (χ1v) is 8.55. The van der Waals surface area contributed by atoms with E-state index < -0.39 is 0 Å². The SMILES string of the molecule is CC(NCCCN1CCN(C)CC1)C1CC2C=CC1C2. The molecule has 2 fully saturated rings. The molecule has 1 heterocycles. The summed E-state index contributed by atoms with van der Waals surface area (Å²) in [5, 5.41) is 3.79. The van der Waals surface area contributed by atoms with Crippen LogP contribution in [0.5, 0.6) is 0 Å². The normalized spacial score (nSPS) is 35.8. The van der Waals surface area contributed by atoms with Crippen LogP contribution in [-0.2, 0) is 0 Å². The number of hydrogen-bond donors (Lipinski definition) is 1. The Balaban J connectivity index is 1.29. The predicted octanol–water partition coefficient (Wildman–Crippen LogP) is 1.81. The van der Waals surface area contributed by atoms with Crippen molar-refractivity contribution in [1.82, 2.24) is 15.1 Å². The third-order valence-corrected chi connectivity index (χ3v) is 5.69. The summed E-state index contributed by atoms with van der Waals surface area (Å²) in [7, 11) is 2.23. The summed E-state index contributed by atoms with van der Waals surface area (Å²) in [6.45, 7) is 9.83. The van der Waals surface area contributed by atoms with Crippen molar-refractivity contribution >= 4 is 0 Å². The van der Waals surface area contributed by atoms with Gasteiger partial charge in [0.1, 0.15) is 0 Å². The minimum absolute atomic E-state index is 0.697. The molecule has 3 heteroatoms. The minimum Gasteiger partial charge on any atom is -0.314 e. The van der Waals surface area contributed by atoms with Gasteiger partial charge >= 0.3 is 0 Å². The van der Waals surface area contributed by atoms with Crippen molar-refractivity contribution < 1.29 is 0 Å². The first kappa shape index (κ1) is 14.6. The van der Waals surface area contributed by atoms with E-state index in [1.165, 1.54) is 58.5 Å². The van der Waals surface area contributed by atoms with E-state index in [4.69, 9.17) is 0 Å². The number of fused-ring (bicyclic) bond motifs is 2. The summed E-state index contributed by atoms with van der Waals surface area (Å²) in [4.78, 5) is 5.05. The number of nitrogens with one attached hydrogen (secondary N) is 1. The largest absolute Gasteiger partial charge is 0.314 e. The molecule has 0 radical (unpaired) electrons. The Kier molecular flexibility index (Phi) is 4.79. The lowest BCUT2D eigenvalue weighted by Crippen LogP contribution is -2.45. The van der Waals surface area contributed by atoms with Gasteiger partial charge < -0.3 is 15.1 Å². The highest BCUT2D eigenvalue weighted by molar-refractivity contribution is 5.11. The van der Waals surface area contributed by atoms with Gasteiger partial charge in [0.2, 0.25) is 0 Å². The van der Waals surface area contributed by atoms with Gasteiger partial charge in [-0.1, -0.05) is 12.2 Å². The van der Waals surface area contributed by atoms with Gasteiger partial charge in [0, 0.05) is 32.2 Å². The van der Waals surface area contributed by atoms with Crippen LogP contribution in [-0.4, -0.2) is 62.2 Å². The van der Waals surface area contributed by atoms with E-state index in [0.29, 0.717) is 6.04 Å². The van der Waals surface area contributed by atoms with Crippen molar-refractivity contribution in [2.45, 2.75) is 32.2 Å². The highest BCUT2D eigenvalue weighted by Crippen LogP contribution is 2.44. The van der Waals surface area contributed by atoms with E-state index >= 15 is 0 Å². The summed E-state index contributed by atoms with van der Waals surface area (Å²) in [6.07, 6.45) is 9.07. The molecule has 3 nitrogen and oxygen atoms in total. The van der Waals surface area contributed by atoms with Crippen molar-refractivity contribution in [3.05, 3.63) is 12.2 Å². The van der Waals surface area contributed by atoms with E-state index in [1.54, 1.807) is 0 Å². The van der Waals surface area contributed by atoms with Crippen LogP contribution in [0.1, 0.15) is 26.2 Å². The second kappa shape index (κ2) is 6.59. The molecular formula is C17H31N3. The van der Waals surface area contributed by atoms with Crippen LogP contribution in [0.25, 0.3) is 0 Å². The standard InChI is InChI=1S/C17H31N3/c1-14(17-13-15-4-5-16(17)12-15)18-6-3-7-20-10-8-19(2)9-11-20/h4-5,14-18H,3,6-13H2,1-2H3. The molecule has 0 aromatic heterocycles. The lowest BCUT2D eigenvalue weighted by Gasteiger charge is -2.32. The fraction of sp³-hybridized carbons (Fsp3) is 0.882. The highest BCUT2D eigenvalue weighted by Gasteiger charge is 2.38. The molecule has 4 unspecified atom stereocenters. The quantitative estimate of drug-likeness (QED) is 0.590. The van der Waals surface area contributed by atoms with Crippen molar-refractivity contribution in [3.63, 3.8) is 0 Å². The van der Waals surface area contributed by atoms with Gasteiger partial charge in [-0.2, -0.15) is 0 Å². The molecule has 1 saturated carbocycles. The lowest BCUT2D eigenvalue weighted by atomic mass is 9.87. The summed E-state index contributed by atoms with van der Waals surface area (Å²) in [6, 6.07) is 0.697. The first-order valence-electron chi connectivity index (χ1n) is 8.55. The van der Waals surface area contributed by atoms with Crippen LogP contribution >= 0.6 is 0 Å². The Morgan fingerprint density at radius 3 is 2.60 bits per heavy atom. The Bertz CT molecular complexity index is 333. The van der Waals surface area contributed by atoms with Crippen molar-refractivity contribution in [2.75, 3.05) is 46.3 Å². The van der Waals surface area contributed by atoms with Crippen molar-refractivity contribution in [3.8, 4) is 0 Å². The third kappa shape index (κ3) is 3.44. The van der Waals surface area contributed by atoms with Crippen molar-refractivity contribution in [2.24, 2.45) is 17.8 Å². The van der Waals surface area contributed by atoms with E-state index in [2.05, 4.69) is 41.2 Å². The molecule has 0 amide bonds. The molecule has 2 aliphatic carbocycles. The smallest absolute Gasteiger partial charge is 0.0110 e. The molecule has 1 saturated heterocycles. The molecule has 0 aromatic rings. The summed E-state index contributed by atoms with van der Waals surface area (Å²) in [5.41, 5.74) is 0. The zero-order valence-corrected chi connectivity index (χ0v) is 13.2. The van der Waals surface area contributed by atoms with Gasteiger partial charge in [0.05, 0.1) is 0 Å². The van der Waals surface area contributed by atoms with E-state index in [-0.39, 0.29) is 0 Å². The van der Waals surface area contributed by atoms with E-state index in [9.17, 15) is 0 Å². The Hall–Kier alpha value is -0.380. The van der Waals surface area contributed by atoms with E-state index in [0.717, 1.165) is 17.8 Å². The fourth-order valence-electron chi connectivity index (χ4n) is 4.25. The third-order valence-electron chi connectivity index (χ3n) is 5.69. The average molecular weight is 277 g/mol. The van der Waals surface area contributed by atoms with Crippen LogP contribution in [0.4, 0.5) is 0 Å². The van der Waals surface area contributed by atoms with Crippen LogP contribution < -0.4 is 5.32 Å². The average Bonchev–Trinajstić information content (AvgIpc) is 3.08. The van der Waals surface area contributed by atoms with Gasteiger partial charge in [-0.25, -0.2) is 0 Å². The second-order valence-electron chi connectivity index (χ2n) is 7.19. The maximum atomic E-state index is 3.79. The van der Waals surface area contributed by atoms with Gasteiger partial charge in [-0.3, -0.25) is 0 Å². The Labute approximate surface area is 124 Å². The lowest BCUT2D eigenvalue weighted by molar-refractivity contribution is 0.152. The number of hydrogen-bond acceptors (Lipinski definition) is 3. The van der Waals surface area contributed by atoms with Crippen LogP contribution in [0.3, 0.4) is 0 Å². The number of nitrogens with zero attached hydrogens (tertiary/aromatic N) is 2. The van der Waals surface area contributed by atoms with Gasteiger partial charge in [-0.05, 0) is 64.1 Å². The monoisotopic (exact) mass is 277 g/mol. The number of piperazine rings is 1. The van der Waals surface area contributed by atoms with Gasteiger partial charge in [0.15, 0.2) is 0 Å². The van der Waals surface area contributed by atoms with Crippen LogP contribution in [0.15, 0.2) is 12.2 Å². The topological polar surface area (TPSA) is 18.5 Å². The predicted molar refractivity (Wildman–Crippen MR) is 84.9 cm³/mol. The van der Waals surface area contributed by atoms with Gasteiger partial charge in [-0.15, -0.1) is 0 Å². The maximum Gasteiger partial charge on any atom is 0.0110 e. The van der Waals surface area contributed by atoms with Crippen LogP contribution in [0.2, 0.25) is 0 Å². The molecule has 114 valence electrons. The fourth-order valence-corrected chi connectivity index (χ4v) is 4.25. The molecule has 3 aliphatic rings. The maximum absolute atomic E-state index is 3.79. The number of rotatable bonds is 6. The number of likely N-dealkylation sites (N-methyl/N-ethyl adjacent to an activating group) is 1. The molecule has 1 N–H and O–H groups in total. The Morgan fingerprint density at radius 1 is 1.15 bits per heavy atom. The van der Waals surface area contributed by atoms with Crippen LogP contribution in [0, 0.1) is 17.8 Å². The molecule has 4 atom stereocenters. The van der Waals surface area contributed by atoms with Crippen molar-refractivity contribution in [1.29, 1.82) is 0 Å². The number of allylic oxidation sites excluding steroid dienone is 2. The van der Waals surface area contributed by atoms with E-state index in [1.807, 2.05) is 0 Å². The zero-order valence-electron chi connectivity index (χ0n) is 13.2. The summed E-state index contributed by atoms with van der Waals surface area (Å²) in [5.74, 6) is 2.67. The molecule has 2 bridgehead atoms. The highest BCUT2D eigenvalue weighted by atomic mass is 15.2. The minimum atomic E-state index is 0.697. The molecule has 0 spiro atoms. The molecule has 20 heavy (non-hydrogen) atoms. The second-order valence-corrected chi connectivity index (χ2v) is 7.19. The zero-order chi connectivity index (χ0) is 13.9. The molecule has 3 rings (SSSR count). The first-order chi connectivity index (χ1) is 9.72. The molecular weight excluding hydrogens is 246 g/mol. The summed E-state index contributed by atoms with van der Waals surface area (Å²) >= 11 is 0. The molecule has 0 aromatic carbocycles. The Morgan fingerprint density at radius 2 is 1.95 bits per heavy atom. The van der Waals surface area contributed by atoms with Gasteiger partial charge in [0.25, 0.3) is 0 Å². The molecule has 1 aliphatic heterocycles. The summed E-state index contributed by atoms with van der Waals surface area (Å²) < 4.78 is 0.